The molecule has 1 heterocycles. The molecule has 0 saturated carbocycles. The Hall–Kier alpha value is -3.67. The quantitative estimate of drug-likeness (QED) is 0.426. The van der Waals surface area contributed by atoms with Crippen LogP contribution >= 0.6 is 0 Å². The van der Waals surface area contributed by atoms with E-state index in [1.54, 1.807) is 18.2 Å². The summed E-state index contributed by atoms with van der Waals surface area (Å²) in [4.78, 5) is 15.3. The van der Waals surface area contributed by atoms with E-state index in [-0.39, 0.29) is 11.6 Å². The fourth-order valence-electron chi connectivity index (χ4n) is 2.82. The highest BCUT2D eigenvalue weighted by Gasteiger charge is 2.06. The van der Waals surface area contributed by atoms with E-state index in [2.05, 4.69) is 15.6 Å². The summed E-state index contributed by atoms with van der Waals surface area (Å²) in [6, 6.07) is 18.8. The van der Waals surface area contributed by atoms with Crippen molar-refractivity contribution >= 4 is 28.3 Å². The minimum Gasteiger partial charge on any atom is -0.355 e. The van der Waals surface area contributed by atoms with Gasteiger partial charge in [-0.15, -0.1) is 0 Å². The van der Waals surface area contributed by atoms with Crippen molar-refractivity contribution in [3.8, 4) is 11.3 Å². The van der Waals surface area contributed by atoms with E-state index in [4.69, 9.17) is 0 Å². The van der Waals surface area contributed by atoms with Crippen LogP contribution in [0.1, 0.15) is 0 Å². The molecule has 6 heteroatoms. The Morgan fingerprint density at radius 2 is 1.33 bits per heavy atom. The van der Waals surface area contributed by atoms with E-state index in [9.17, 15) is 13.6 Å². The van der Waals surface area contributed by atoms with Crippen LogP contribution in [0.5, 0.6) is 0 Å². The molecule has 0 saturated heterocycles. The zero-order valence-corrected chi connectivity index (χ0v) is 14.1. The molecule has 0 spiro atoms. The molecule has 1 aromatic heterocycles. The van der Waals surface area contributed by atoms with Gasteiger partial charge in [0, 0.05) is 28.0 Å². The second kappa shape index (κ2) is 6.92. The number of rotatable bonds is 3. The molecule has 2 amide bonds. The summed E-state index contributed by atoms with van der Waals surface area (Å²) in [6.07, 6.45) is 0. The molecule has 0 aliphatic rings. The average molecular weight is 363 g/mol. The van der Waals surface area contributed by atoms with Gasteiger partial charge in [-0.3, -0.25) is 0 Å². The maximum atomic E-state index is 13.3. The molecule has 4 rings (SSSR count). The molecule has 0 unspecified atom stereocenters. The van der Waals surface area contributed by atoms with E-state index in [1.165, 1.54) is 36.4 Å². The molecule has 0 bridgehead atoms. The highest BCUT2D eigenvalue weighted by Crippen LogP contribution is 2.26. The standard InChI is InChI=1S/C21H15F2N3O/c22-15-3-8-18(9-4-15)25-21(27)24-17-6-1-13(2-7-17)20-12-14-11-16(23)5-10-19(14)26-20/h1-12,26H,(H2,24,25,27). The van der Waals surface area contributed by atoms with Crippen molar-refractivity contribution in [1.82, 2.24) is 4.98 Å². The molecule has 0 radical (unpaired) electrons. The lowest BCUT2D eigenvalue weighted by Gasteiger charge is -2.08. The number of carbonyl (C=O) groups excluding carboxylic acids is 1. The van der Waals surface area contributed by atoms with Gasteiger partial charge in [0.15, 0.2) is 0 Å². The molecule has 4 nitrogen and oxygen atoms in total. The first-order chi connectivity index (χ1) is 13.1. The molecule has 3 N–H and O–H groups in total. The molecule has 0 aliphatic carbocycles. The molecule has 0 atom stereocenters. The summed E-state index contributed by atoms with van der Waals surface area (Å²) in [7, 11) is 0. The van der Waals surface area contributed by atoms with Crippen LogP contribution in [0.25, 0.3) is 22.2 Å². The zero-order valence-electron chi connectivity index (χ0n) is 14.1. The lowest BCUT2D eigenvalue weighted by molar-refractivity contribution is 0.262. The molecule has 27 heavy (non-hydrogen) atoms. The van der Waals surface area contributed by atoms with Gasteiger partial charge in [0.2, 0.25) is 0 Å². The van der Waals surface area contributed by atoms with Crippen molar-refractivity contribution in [1.29, 1.82) is 0 Å². The molecular formula is C21H15F2N3O. The van der Waals surface area contributed by atoms with Gasteiger partial charge in [0.25, 0.3) is 0 Å². The number of anilines is 2. The van der Waals surface area contributed by atoms with Crippen LogP contribution in [0.2, 0.25) is 0 Å². The Morgan fingerprint density at radius 1 is 0.741 bits per heavy atom. The van der Waals surface area contributed by atoms with Crippen LogP contribution in [-0.4, -0.2) is 11.0 Å². The first-order valence-electron chi connectivity index (χ1n) is 8.29. The Kier molecular flexibility index (Phi) is 4.30. The summed E-state index contributed by atoms with van der Waals surface area (Å²) >= 11 is 0. The number of H-pyrrole nitrogens is 1. The monoisotopic (exact) mass is 363 g/mol. The predicted molar refractivity (Wildman–Crippen MR) is 103 cm³/mol. The molecule has 0 aliphatic heterocycles. The van der Waals surface area contributed by atoms with E-state index in [0.717, 1.165) is 22.2 Å². The van der Waals surface area contributed by atoms with Gasteiger partial charge >= 0.3 is 6.03 Å². The number of urea groups is 1. The topological polar surface area (TPSA) is 56.9 Å². The van der Waals surface area contributed by atoms with Gasteiger partial charge in [0.05, 0.1) is 0 Å². The number of aromatic nitrogens is 1. The number of aromatic amines is 1. The van der Waals surface area contributed by atoms with Crippen LogP contribution in [0, 0.1) is 11.6 Å². The second-order valence-electron chi connectivity index (χ2n) is 6.08. The van der Waals surface area contributed by atoms with Crippen LogP contribution in [0.3, 0.4) is 0 Å². The lowest BCUT2D eigenvalue weighted by Crippen LogP contribution is -2.19. The SMILES string of the molecule is O=C(Nc1ccc(F)cc1)Nc1ccc(-c2cc3cc(F)ccc3[nH]2)cc1. The maximum Gasteiger partial charge on any atom is 0.323 e. The van der Waals surface area contributed by atoms with Gasteiger partial charge < -0.3 is 15.6 Å². The third kappa shape index (κ3) is 3.79. The fourth-order valence-corrected chi connectivity index (χ4v) is 2.82. The van der Waals surface area contributed by atoms with Gasteiger partial charge in [-0.25, -0.2) is 13.6 Å². The number of carbonyl (C=O) groups is 1. The Morgan fingerprint density at radius 3 is 2.00 bits per heavy atom. The van der Waals surface area contributed by atoms with Crippen molar-refractivity contribution in [3.63, 3.8) is 0 Å². The third-order valence-electron chi connectivity index (χ3n) is 4.14. The number of hydrogen-bond acceptors (Lipinski definition) is 1. The van der Waals surface area contributed by atoms with E-state index < -0.39 is 6.03 Å². The number of halogens is 2. The number of fused-ring (bicyclic) bond motifs is 1. The maximum absolute atomic E-state index is 13.3. The Bertz CT molecular complexity index is 1100. The highest BCUT2D eigenvalue weighted by molar-refractivity contribution is 5.99. The lowest BCUT2D eigenvalue weighted by atomic mass is 10.1. The molecule has 0 fully saturated rings. The summed E-state index contributed by atoms with van der Waals surface area (Å²) in [5.74, 6) is -0.643. The van der Waals surface area contributed by atoms with Crippen LogP contribution in [0.4, 0.5) is 25.0 Å². The summed E-state index contributed by atoms with van der Waals surface area (Å²) in [5, 5.41) is 6.14. The molecular weight excluding hydrogens is 348 g/mol. The Labute approximate surface area is 153 Å². The number of nitrogens with one attached hydrogen (secondary N) is 3. The summed E-state index contributed by atoms with van der Waals surface area (Å²) < 4.78 is 26.2. The normalized spacial score (nSPS) is 10.7. The smallest absolute Gasteiger partial charge is 0.323 e. The first kappa shape index (κ1) is 16.8. The first-order valence-corrected chi connectivity index (χ1v) is 8.29. The van der Waals surface area contributed by atoms with Crippen molar-refractivity contribution in [2.75, 3.05) is 10.6 Å². The molecule has 4 aromatic rings. The van der Waals surface area contributed by atoms with Gasteiger partial charge in [-0.2, -0.15) is 0 Å². The average Bonchev–Trinajstić information content (AvgIpc) is 3.07. The van der Waals surface area contributed by atoms with E-state index in [0.29, 0.717) is 11.4 Å². The van der Waals surface area contributed by atoms with Crippen molar-refractivity contribution in [2.45, 2.75) is 0 Å². The predicted octanol–water partition coefficient (Wildman–Crippen LogP) is 5.76. The van der Waals surface area contributed by atoms with Crippen LogP contribution in [0.15, 0.2) is 72.8 Å². The second-order valence-corrected chi connectivity index (χ2v) is 6.08. The van der Waals surface area contributed by atoms with Gasteiger partial charge in [-0.1, -0.05) is 12.1 Å². The largest absolute Gasteiger partial charge is 0.355 e. The van der Waals surface area contributed by atoms with Crippen molar-refractivity contribution in [3.05, 3.63) is 84.4 Å². The van der Waals surface area contributed by atoms with E-state index >= 15 is 0 Å². The van der Waals surface area contributed by atoms with Crippen LogP contribution < -0.4 is 10.6 Å². The van der Waals surface area contributed by atoms with Crippen molar-refractivity contribution in [2.24, 2.45) is 0 Å². The van der Waals surface area contributed by atoms with E-state index in [1.807, 2.05) is 18.2 Å². The minimum atomic E-state index is -0.421. The molecule has 134 valence electrons. The van der Waals surface area contributed by atoms with Gasteiger partial charge in [0.1, 0.15) is 11.6 Å². The highest BCUT2D eigenvalue weighted by atomic mass is 19.1. The zero-order chi connectivity index (χ0) is 18.8. The fraction of sp³-hybridized carbons (Fsp3) is 0. The minimum absolute atomic E-state index is 0.278. The Balaban J connectivity index is 1.46. The molecule has 3 aromatic carbocycles. The van der Waals surface area contributed by atoms with Gasteiger partial charge in [-0.05, 0) is 66.2 Å². The summed E-state index contributed by atoms with van der Waals surface area (Å²) in [6.45, 7) is 0. The third-order valence-corrected chi connectivity index (χ3v) is 4.14. The number of benzene rings is 3. The number of amides is 2. The van der Waals surface area contributed by atoms with Crippen LogP contribution in [-0.2, 0) is 0 Å². The summed E-state index contributed by atoms with van der Waals surface area (Å²) in [5.41, 5.74) is 3.73. The van der Waals surface area contributed by atoms with Crippen molar-refractivity contribution < 1.29 is 13.6 Å². The number of hydrogen-bond donors (Lipinski definition) is 3.